The molecule has 1 aliphatic rings. The largest absolute Gasteiger partial charge is 0.377 e. The van der Waals surface area contributed by atoms with E-state index < -0.39 is 5.79 Å². The molecule has 2 aromatic rings. The van der Waals surface area contributed by atoms with Gasteiger partial charge in [-0.2, -0.15) is 0 Å². The predicted octanol–water partition coefficient (Wildman–Crippen LogP) is 7.23. The monoisotopic (exact) mass is 466 g/mol. The summed E-state index contributed by atoms with van der Waals surface area (Å²) >= 11 is 0. The maximum Gasteiger partial charge on any atom is 0.163 e. The minimum Gasteiger partial charge on any atom is -0.377 e. The van der Waals surface area contributed by atoms with Crippen LogP contribution < -0.4 is 0 Å². The van der Waals surface area contributed by atoms with Gasteiger partial charge in [0.05, 0.1) is 31.5 Å². The molecule has 3 atom stereocenters. The summed E-state index contributed by atoms with van der Waals surface area (Å²) in [4.78, 5) is 0. The molecule has 1 fully saturated rings. The van der Waals surface area contributed by atoms with Crippen LogP contribution in [0.2, 0.25) is 0 Å². The normalized spacial score (nSPS) is 20.3. The zero-order valence-electron chi connectivity index (χ0n) is 21.0. The Morgan fingerprint density at radius 1 is 0.853 bits per heavy atom. The highest BCUT2D eigenvalue weighted by Gasteiger charge is 2.40. The Morgan fingerprint density at radius 2 is 1.47 bits per heavy atom. The van der Waals surface area contributed by atoms with Crippen molar-refractivity contribution >= 4 is 0 Å². The van der Waals surface area contributed by atoms with Gasteiger partial charge in [0.1, 0.15) is 0 Å². The Bertz CT molecular complexity index is 805. The van der Waals surface area contributed by atoms with Crippen LogP contribution in [-0.4, -0.2) is 30.7 Å². The van der Waals surface area contributed by atoms with Crippen LogP contribution in [0.5, 0.6) is 0 Å². The van der Waals surface area contributed by atoms with Crippen LogP contribution >= 0.6 is 0 Å². The van der Waals surface area contributed by atoms with E-state index in [1.807, 2.05) is 44.2 Å². The molecule has 0 aliphatic carbocycles. The Morgan fingerprint density at radius 3 is 2.12 bits per heavy atom. The third-order valence-electron chi connectivity index (χ3n) is 6.23. The first kappa shape index (κ1) is 26.6. The van der Waals surface area contributed by atoms with Crippen molar-refractivity contribution in [2.24, 2.45) is 0 Å². The standard InChI is InChI=1S/C30H42O4/c1-4-5-19-28-29(34-30(2,3)33-28)20-13-12-18-27(32-24-26-16-10-7-11-17-26)21-22-31-23-25-14-8-6-9-15-25/h4,6-11,14-17,27-29H,1,5,12-13,18-24H2,2-3H3/t27-,28+,29+/m0/s1. The van der Waals surface area contributed by atoms with Crippen LogP contribution in [0.1, 0.15) is 69.9 Å². The number of allylic oxidation sites excluding steroid dienone is 1. The average molecular weight is 467 g/mol. The van der Waals surface area contributed by atoms with Crippen molar-refractivity contribution in [1.82, 2.24) is 0 Å². The van der Waals surface area contributed by atoms with Gasteiger partial charge in [0, 0.05) is 6.61 Å². The number of unbranched alkanes of at least 4 members (excludes halogenated alkanes) is 1. The minimum atomic E-state index is -0.492. The second-order valence-electron chi connectivity index (χ2n) is 9.61. The summed E-state index contributed by atoms with van der Waals surface area (Å²) in [5.74, 6) is -0.492. The number of hydrogen-bond acceptors (Lipinski definition) is 4. The fourth-order valence-corrected chi connectivity index (χ4v) is 4.48. The summed E-state index contributed by atoms with van der Waals surface area (Å²) in [5.41, 5.74) is 2.42. The van der Waals surface area contributed by atoms with E-state index >= 15 is 0 Å². The van der Waals surface area contributed by atoms with E-state index in [4.69, 9.17) is 18.9 Å². The van der Waals surface area contributed by atoms with Gasteiger partial charge >= 0.3 is 0 Å². The van der Waals surface area contributed by atoms with Gasteiger partial charge in [0.2, 0.25) is 0 Å². The molecule has 0 saturated carbocycles. The first-order valence-electron chi connectivity index (χ1n) is 12.8. The number of ether oxygens (including phenoxy) is 4. The van der Waals surface area contributed by atoms with Gasteiger partial charge in [0.15, 0.2) is 5.79 Å². The molecule has 0 amide bonds. The van der Waals surface area contributed by atoms with Gasteiger partial charge in [-0.3, -0.25) is 0 Å². The third-order valence-corrected chi connectivity index (χ3v) is 6.23. The summed E-state index contributed by atoms with van der Waals surface area (Å²) in [7, 11) is 0. The molecule has 0 spiro atoms. The molecule has 186 valence electrons. The van der Waals surface area contributed by atoms with Crippen molar-refractivity contribution in [1.29, 1.82) is 0 Å². The maximum atomic E-state index is 6.31. The van der Waals surface area contributed by atoms with Gasteiger partial charge in [-0.05, 0) is 57.1 Å². The van der Waals surface area contributed by atoms with E-state index in [-0.39, 0.29) is 18.3 Å². The van der Waals surface area contributed by atoms with Crippen LogP contribution in [-0.2, 0) is 32.2 Å². The molecule has 0 unspecified atom stereocenters. The first-order chi connectivity index (χ1) is 16.6. The quantitative estimate of drug-likeness (QED) is 0.193. The molecule has 0 radical (unpaired) electrons. The lowest BCUT2D eigenvalue weighted by molar-refractivity contribution is -0.147. The van der Waals surface area contributed by atoms with E-state index in [2.05, 4.69) is 43.0 Å². The molecular weight excluding hydrogens is 424 g/mol. The number of benzene rings is 2. The van der Waals surface area contributed by atoms with Crippen LogP contribution in [0.15, 0.2) is 73.3 Å². The molecule has 1 saturated heterocycles. The van der Waals surface area contributed by atoms with E-state index in [9.17, 15) is 0 Å². The fraction of sp³-hybridized carbons (Fsp3) is 0.533. The highest BCUT2D eigenvalue weighted by atomic mass is 16.7. The average Bonchev–Trinajstić information content (AvgIpc) is 3.15. The van der Waals surface area contributed by atoms with E-state index in [1.54, 1.807) is 0 Å². The molecule has 0 aromatic heterocycles. The van der Waals surface area contributed by atoms with Gasteiger partial charge < -0.3 is 18.9 Å². The highest BCUT2D eigenvalue weighted by Crippen LogP contribution is 2.33. The molecule has 0 bridgehead atoms. The number of rotatable bonds is 16. The SMILES string of the molecule is C=CCC[C@H]1OC(C)(C)O[C@@H]1CCCC[C@@H](CCOCc1ccccc1)OCc1ccccc1. The molecule has 1 heterocycles. The van der Waals surface area contributed by atoms with Crippen molar-refractivity contribution < 1.29 is 18.9 Å². The lowest BCUT2D eigenvalue weighted by atomic mass is 10.0. The Balaban J connectivity index is 1.42. The summed E-state index contributed by atoms with van der Waals surface area (Å²) in [6.45, 7) is 9.85. The van der Waals surface area contributed by atoms with E-state index in [0.29, 0.717) is 19.8 Å². The summed E-state index contributed by atoms with van der Waals surface area (Å²) in [5, 5.41) is 0. The topological polar surface area (TPSA) is 36.9 Å². The molecule has 2 aromatic carbocycles. The van der Waals surface area contributed by atoms with Gasteiger partial charge in [0.25, 0.3) is 0 Å². The van der Waals surface area contributed by atoms with Gasteiger partial charge in [-0.25, -0.2) is 0 Å². The van der Waals surface area contributed by atoms with Gasteiger partial charge in [-0.15, -0.1) is 6.58 Å². The van der Waals surface area contributed by atoms with Crippen LogP contribution in [0, 0.1) is 0 Å². The lowest BCUT2D eigenvalue weighted by Crippen LogP contribution is -2.22. The summed E-state index contributed by atoms with van der Waals surface area (Å²) in [6, 6.07) is 20.7. The smallest absolute Gasteiger partial charge is 0.163 e. The molecule has 3 rings (SSSR count). The Kier molecular flexibility index (Phi) is 11.3. The van der Waals surface area contributed by atoms with Crippen molar-refractivity contribution in [3.8, 4) is 0 Å². The molecule has 4 heteroatoms. The number of hydrogen-bond donors (Lipinski definition) is 0. The zero-order valence-corrected chi connectivity index (χ0v) is 21.0. The first-order valence-corrected chi connectivity index (χ1v) is 12.8. The zero-order chi connectivity index (χ0) is 24.1. The highest BCUT2D eigenvalue weighted by molar-refractivity contribution is 5.14. The summed E-state index contributed by atoms with van der Waals surface area (Å²) in [6.07, 6.45) is 9.53. The molecule has 1 aliphatic heterocycles. The van der Waals surface area contributed by atoms with Crippen LogP contribution in [0.3, 0.4) is 0 Å². The maximum absolute atomic E-state index is 6.31. The Hall–Kier alpha value is -1.98. The second-order valence-corrected chi connectivity index (χ2v) is 9.61. The van der Waals surface area contributed by atoms with E-state index in [1.165, 1.54) is 11.1 Å². The predicted molar refractivity (Wildman–Crippen MR) is 137 cm³/mol. The fourth-order valence-electron chi connectivity index (χ4n) is 4.48. The Labute approximate surface area is 206 Å². The van der Waals surface area contributed by atoms with Gasteiger partial charge in [-0.1, -0.05) is 79.6 Å². The third kappa shape index (κ3) is 9.71. The van der Waals surface area contributed by atoms with E-state index in [0.717, 1.165) is 44.9 Å². The summed E-state index contributed by atoms with van der Waals surface area (Å²) < 4.78 is 24.6. The van der Waals surface area contributed by atoms with Crippen LogP contribution in [0.25, 0.3) is 0 Å². The van der Waals surface area contributed by atoms with Crippen molar-refractivity contribution in [2.45, 2.75) is 96.1 Å². The lowest BCUT2D eigenvalue weighted by Gasteiger charge is -2.20. The minimum absolute atomic E-state index is 0.157. The molecule has 34 heavy (non-hydrogen) atoms. The van der Waals surface area contributed by atoms with Crippen LogP contribution in [0.4, 0.5) is 0 Å². The van der Waals surface area contributed by atoms with Crippen molar-refractivity contribution in [2.75, 3.05) is 6.61 Å². The van der Waals surface area contributed by atoms with Crippen molar-refractivity contribution in [3.05, 3.63) is 84.4 Å². The van der Waals surface area contributed by atoms with Crippen molar-refractivity contribution in [3.63, 3.8) is 0 Å². The molecule has 4 nitrogen and oxygen atoms in total. The second kappa shape index (κ2) is 14.4. The molecular formula is C30H42O4. The molecule has 0 N–H and O–H groups in total.